The summed E-state index contributed by atoms with van der Waals surface area (Å²) in [5.41, 5.74) is 0.271. The van der Waals surface area contributed by atoms with Crippen LogP contribution in [0.15, 0.2) is 17.2 Å². The Bertz CT molecular complexity index is 448. The Kier molecular flexibility index (Phi) is 2.52. The molecule has 1 unspecified atom stereocenters. The van der Waals surface area contributed by atoms with Gasteiger partial charge < -0.3 is 9.88 Å². The summed E-state index contributed by atoms with van der Waals surface area (Å²) in [6.07, 6.45) is 4.51. The Morgan fingerprint density at radius 1 is 1.56 bits per heavy atom. The molecule has 88 valence electrons. The number of hydrogen-bond donors (Lipinski definition) is 1. The molecule has 0 bridgehead atoms. The van der Waals surface area contributed by atoms with Crippen molar-refractivity contribution >= 4 is 5.82 Å². The standard InChI is InChI=1S/C12H19N3O/c1-8(2)15-6-5-13-10(11(15)16)14-9-7-12(9,3)4/h5-6,8-9H,7H2,1-4H3,(H,13,14). The maximum absolute atomic E-state index is 12.0. The first-order valence-electron chi connectivity index (χ1n) is 5.75. The minimum Gasteiger partial charge on any atom is -0.362 e. The van der Waals surface area contributed by atoms with Gasteiger partial charge in [-0.05, 0) is 25.7 Å². The van der Waals surface area contributed by atoms with E-state index in [0.717, 1.165) is 6.42 Å². The molecule has 0 saturated heterocycles. The van der Waals surface area contributed by atoms with E-state index in [1.54, 1.807) is 17.0 Å². The number of anilines is 1. The van der Waals surface area contributed by atoms with E-state index in [1.807, 2.05) is 13.8 Å². The summed E-state index contributed by atoms with van der Waals surface area (Å²) >= 11 is 0. The fourth-order valence-electron chi connectivity index (χ4n) is 1.81. The predicted octanol–water partition coefficient (Wildman–Crippen LogP) is 2.03. The molecule has 1 saturated carbocycles. The lowest BCUT2D eigenvalue weighted by atomic mass is 10.2. The Labute approximate surface area is 95.7 Å². The van der Waals surface area contributed by atoms with Crippen LogP contribution in [0, 0.1) is 5.41 Å². The molecule has 2 rings (SSSR count). The van der Waals surface area contributed by atoms with Crippen LogP contribution in [0.25, 0.3) is 0 Å². The van der Waals surface area contributed by atoms with Gasteiger partial charge in [0.15, 0.2) is 5.82 Å². The van der Waals surface area contributed by atoms with Crippen LogP contribution >= 0.6 is 0 Å². The summed E-state index contributed by atoms with van der Waals surface area (Å²) in [5, 5.41) is 3.23. The SMILES string of the molecule is CC(C)n1ccnc(NC2CC2(C)C)c1=O. The minimum atomic E-state index is -0.0276. The van der Waals surface area contributed by atoms with E-state index < -0.39 is 0 Å². The second-order valence-electron chi connectivity index (χ2n) is 5.47. The molecule has 16 heavy (non-hydrogen) atoms. The van der Waals surface area contributed by atoms with Crippen LogP contribution in [-0.4, -0.2) is 15.6 Å². The molecule has 1 N–H and O–H groups in total. The second kappa shape index (κ2) is 3.61. The molecule has 1 aromatic rings. The van der Waals surface area contributed by atoms with Gasteiger partial charge in [-0.15, -0.1) is 0 Å². The number of hydrogen-bond acceptors (Lipinski definition) is 3. The van der Waals surface area contributed by atoms with Gasteiger partial charge in [-0.1, -0.05) is 13.8 Å². The summed E-state index contributed by atoms with van der Waals surface area (Å²) in [5.74, 6) is 0.478. The van der Waals surface area contributed by atoms with Crippen molar-refractivity contribution in [2.75, 3.05) is 5.32 Å². The molecule has 1 aromatic heterocycles. The van der Waals surface area contributed by atoms with E-state index >= 15 is 0 Å². The van der Waals surface area contributed by atoms with Gasteiger partial charge in [0.25, 0.3) is 5.56 Å². The van der Waals surface area contributed by atoms with E-state index in [1.165, 1.54) is 0 Å². The molecule has 0 amide bonds. The molecule has 1 atom stereocenters. The van der Waals surface area contributed by atoms with Crippen LogP contribution in [0.5, 0.6) is 0 Å². The highest BCUT2D eigenvalue weighted by molar-refractivity contribution is 5.36. The van der Waals surface area contributed by atoms with Crippen LogP contribution in [-0.2, 0) is 0 Å². The Morgan fingerprint density at radius 3 is 2.69 bits per heavy atom. The van der Waals surface area contributed by atoms with Gasteiger partial charge in [0, 0.05) is 24.5 Å². The van der Waals surface area contributed by atoms with Gasteiger partial charge in [0.2, 0.25) is 0 Å². The van der Waals surface area contributed by atoms with Crippen LogP contribution in [0.3, 0.4) is 0 Å². The summed E-state index contributed by atoms with van der Waals surface area (Å²) in [4.78, 5) is 16.1. The van der Waals surface area contributed by atoms with Gasteiger partial charge in [-0.3, -0.25) is 4.79 Å². The highest BCUT2D eigenvalue weighted by Gasteiger charge is 2.46. The minimum absolute atomic E-state index is 0.0276. The van der Waals surface area contributed by atoms with E-state index in [4.69, 9.17) is 0 Å². The van der Waals surface area contributed by atoms with Gasteiger partial charge in [-0.2, -0.15) is 0 Å². The molecular weight excluding hydrogens is 202 g/mol. The lowest BCUT2D eigenvalue weighted by Gasteiger charge is -2.12. The zero-order chi connectivity index (χ0) is 11.9. The maximum atomic E-state index is 12.0. The third-order valence-corrected chi connectivity index (χ3v) is 3.25. The van der Waals surface area contributed by atoms with Crippen molar-refractivity contribution in [3.05, 3.63) is 22.7 Å². The van der Waals surface area contributed by atoms with Gasteiger partial charge >= 0.3 is 0 Å². The number of rotatable bonds is 3. The quantitative estimate of drug-likeness (QED) is 0.849. The zero-order valence-corrected chi connectivity index (χ0v) is 10.3. The Balaban J connectivity index is 2.23. The molecule has 0 aromatic carbocycles. The van der Waals surface area contributed by atoms with Crippen LogP contribution in [0.1, 0.15) is 40.2 Å². The first kappa shape index (κ1) is 11.2. The molecule has 4 nitrogen and oxygen atoms in total. The molecule has 1 aliphatic carbocycles. The smallest absolute Gasteiger partial charge is 0.293 e. The van der Waals surface area contributed by atoms with E-state index in [9.17, 15) is 4.79 Å². The molecule has 0 radical (unpaired) electrons. The second-order valence-corrected chi connectivity index (χ2v) is 5.47. The topological polar surface area (TPSA) is 46.9 Å². The highest BCUT2D eigenvalue weighted by Crippen LogP contribution is 2.45. The molecule has 0 aliphatic heterocycles. The monoisotopic (exact) mass is 221 g/mol. The van der Waals surface area contributed by atoms with Gasteiger partial charge in [0.1, 0.15) is 0 Å². The molecule has 1 fully saturated rings. The van der Waals surface area contributed by atoms with E-state index in [2.05, 4.69) is 24.1 Å². The van der Waals surface area contributed by atoms with Gasteiger partial charge in [0.05, 0.1) is 0 Å². The van der Waals surface area contributed by atoms with Crippen LogP contribution in [0.4, 0.5) is 5.82 Å². The molecule has 0 spiro atoms. The fourth-order valence-corrected chi connectivity index (χ4v) is 1.81. The molecule has 4 heteroatoms. The number of nitrogens with one attached hydrogen (secondary N) is 1. The average Bonchev–Trinajstić information content (AvgIpc) is 2.77. The summed E-state index contributed by atoms with van der Waals surface area (Å²) in [7, 11) is 0. The molecule has 1 heterocycles. The van der Waals surface area contributed by atoms with Crippen molar-refractivity contribution in [2.45, 2.75) is 46.2 Å². The maximum Gasteiger partial charge on any atom is 0.293 e. The summed E-state index contributed by atoms with van der Waals surface area (Å²) in [6.45, 7) is 8.36. The number of nitrogens with zero attached hydrogens (tertiary/aromatic N) is 2. The fraction of sp³-hybridized carbons (Fsp3) is 0.667. The third kappa shape index (κ3) is 1.96. The molecular formula is C12H19N3O. The van der Waals surface area contributed by atoms with Crippen LogP contribution < -0.4 is 10.9 Å². The third-order valence-electron chi connectivity index (χ3n) is 3.25. The van der Waals surface area contributed by atoms with Crippen molar-refractivity contribution in [1.29, 1.82) is 0 Å². The first-order valence-corrected chi connectivity index (χ1v) is 5.75. The van der Waals surface area contributed by atoms with E-state index in [-0.39, 0.29) is 11.6 Å². The highest BCUT2D eigenvalue weighted by atomic mass is 16.1. The molecule has 1 aliphatic rings. The average molecular weight is 221 g/mol. The van der Waals surface area contributed by atoms with Crippen molar-refractivity contribution < 1.29 is 0 Å². The van der Waals surface area contributed by atoms with Crippen molar-refractivity contribution in [3.8, 4) is 0 Å². The van der Waals surface area contributed by atoms with Crippen molar-refractivity contribution in [3.63, 3.8) is 0 Å². The lowest BCUT2D eigenvalue weighted by Crippen LogP contribution is -2.27. The van der Waals surface area contributed by atoms with Gasteiger partial charge in [-0.25, -0.2) is 4.98 Å². The predicted molar refractivity (Wildman–Crippen MR) is 64.7 cm³/mol. The van der Waals surface area contributed by atoms with E-state index in [0.29, 0.717) is 17.3 Å². The number of aromatic nitrogens is 2. The van der Waals surface area contributed by atoms with Crippen molar-refractivity contribution in [1.82, 2.24) is 9.55 Å². The Morgan fingerprint density at radius 2 is 2.19 bits per heavy atom. The largest absolute Gasteiger partial charge is 0.362 e. The first-order chi connectivity index (χ1) is 7.42. The summed E-state index contributed by atoms with van der Waals surface area (Å²) < 4.78 is 1.70. The summed E-state index contributed by atoms with van der Waals surface area (Å²) in [6, 6.07) is 0.555. The normalized spacial score (nSPS) is 22.2. The Hall–Kier alpha value is -1.32. The lowest BCUT2D eigenvalue weighted by molar-refractivity contribution is 0.573. The zero-order valence-electron chi connectivity index (χ0n) is 10.3. The van der Waals surface area contributed by atoms with Crippen molar-refractivity contribution in [2.24, 2.45) is 5.41 Å². The van der Waals surface area contributed by atoms with Crippen LogP contribution in [0.2, 0.25) is 0 Å².